The fourth-order valence-electron chi connectivity index (χ4n) is 2.42. The van der Waals surface area contributed by atoms with Gasteiger partial charge in [0.05, 0.1) is 13.7 Å². The summed E-state index contributed by atoms with van der Waals surface area (Å²) in [6, 6.07) is 13.3. The van der Waals surface area contributed by atoms with Crippen LogP contribution in [-0.4, -0.2) is 24.8 Å². The Balaban J connectivity index is 1.75. The first-order chi connectivity index (χ1) is 11.6. The van der Waals surface area contributed by atoms with Crippen molar-refractivity contribution in [3.63, 3.8) is 0 Å². The van der Waals surface area contributed by atoms with Gasteiger partial charge >= 0.3 is 6.03 Å². The number of ether oxygens (including phenoxy) is 1. The number of aliphatic hydroxyl groups excluding tert-OH is 1. The number of benzene rings is 2. The smallest absolute Gasteiger partial charge is 0.315 e. The van der Waals surface area contributed by atoms with Crippen LogP contribution >= 0.6 is 0 Å². The molecular formula is C19H24N2O3. The third-order valence-electron chi connectivity index (χ3n) is 3.80. The maximum atomic E-state index is 11.8. The van der Waals surface area contributed by atoms with Crippen LogP contribution in [0.15, 0.2) is 42.5 Å². The zero-order valence-corrected chi connectivity index (χ0v) is 14.1. The molecular weight excluding hydrogens is 304 g/mol. The van der Waals surface area contributed by atoms with Crippen molar-refractivity contribution in [3.05, 3.63) is 64.7 Å². The predicted molar refractivity (Wildman–Crippen MR) is 94.0 cm³/mol. The molecule has 0 saturated carbocycles. The monoisotopic (exact) mass is 328 g/mol. The van der Waals surface area contributed by atoms with E-state index in [0.717, 1.165) is 34.4 Å². The molecule has 2 amide bonds. The molecule has 3 N–H and O–H groups in total. The van der Waals surface area contributed by atoms with Gasteiger partial charge in [0.2, 0.25) is 0 Å². The molecule has 0 aliphatic rings. The van der Waals surface area contributed by atoms with Gasteiger partial charge in [-0.25, -0.2) is 4.79 Å². The lowest BCUT2D eigenvalue weighted by Gasteiger charge is -2.10. The summed E-state index contributed by atoms with van der Waals surface area (Å²) >= 11 is 0. The van der Waals surface area contributed by atoms with Gasteiger partial charge in [-0.1, -0.05) is 36.4 Å². The maximum absolute atomic E-state index is 11.8. The molecule has 0 aromatic heterocycles. The summed E-state index contributed by atoms with van der Waals surface area (Å²) in [6.07, 6.45) is 0.740. The van der Waals surface area contributed by atoms with E-state index in [1.807, 2.05) is 49.4 Å². The molecule has 0 spiro atoms. The highest BCUT2D eigenvalue weighted by Crippen LogP contribution is 2.18. The number of carbonyl (C=O) groups is 1. The third kappa shape index (κ3) is 5.28. The van der Waals surface area contributed by atoms with Crippen LogP contribution in [0.3, 0.4) is 0 Å². The van der Waals surface area contributed by atoms with Crippen molar-refractivity contribution < 1.29 is 14.6 Å². The van der Waals surface area contributed by atoms with E-state index in [2.05, 4.69) is 10.6 Å². The number of aryl methyl sites for hydroxylation is 1. The number of rotatable bonds is 7. The van der Waals surface area contributed by atoms with Crippen molar-refractivity contribution in [3.8, 4) is 5.75 Å². The third-order valence-corrected chi connectivity index (χ3v) is 3.80. The topological polar surface area (TPSA) is 70.6 Å². The average molecular weight is 328 g/mol. The Labute approximate surface area is 142 Å². The molecule has 0 fully saturated rings. The van der Waals surface area contributed by atoms with E-state index in [1.165, 1.54) is 0 Å². The first kappa shape index (κ1) is 17.8. The second kappa shape index (κ2) is 8.93. The quantitative estimate of drug-likeness (QED) is 0.731. The number of amides is 2. The van der Waals surface area contributed by atoms with Crippen molar-refractivity contribution in [2.24, 2.45) is 0 Å². The Morgan fingerprint density at radius 2 is 1.88 bits per heavy atom. The molecule has 5 nitrogen and oxygen atoms in total. The minimum Gasteiger partial charge on any atom is -0.496 e. The van der Waals surface area contributed by atoms with E-state index in [4.69, 9.17) is 9.84 Å². The number of hydrogen-bond donors (Lipinski definition) is 3. The standard InChI is InChI=1S/C19H24N2O3/c1-14-6-7-15(11-18(14)24-2)8-9-20-19(23)21-12-16-4-3-5-17(10-16)13-22/h3-7,10-11,22H,8-9,12-13H2,1-2H3,(H2,20,21,23). The average Bonchev–Trinajstić information content (AvgIpc) is 2.61. The fourth-order valence-corrected chi connectivity index (χ4v) is 2.42. The van der Waals surface area contributed by atoms with Gasteiger partial charge in [-0.2, -0.15) is 0 Å². The summed E-state index contributed by atoms with van der Waals surface area (Å²) in [7, 11) is 1.66. The van der Waals surface area contributed by atoms with E-state index < -0.39 is 0 Å². The summed E-state index contributed by atoms with van der Waals surface area (Å²) in [5, 5.41) is 14.8. The SMILES string of the molecule is COc1cc(CCNC(=O)NCc2cccc(CO)c2)ccc1C. The Morgan fingerprint density at radius 3 is 2.62 bits per heavy atom. The van der Waals surface area contributed by atoms with Crippen LogP contribution < -0.4 is 15.4 Å². The molecule has 0 aliphatic carbocycles. The Morgan fingerprint density at radius 1 is 1.08 bits per heavy atom. The molecule has 0 unspecified atom stereocenters. The van der Waals surface area contributed by atoms with Crippen LogP contribution in [0.4, 0.5) is 4.79 Å². The molecule has 5 heteroatoms. The Kier molecular flexibility index (Phi) is 6.63. The van der Waals surface area contributed by atoms with Crippen LogP contribution in [0.25, 0.3) is 0 Å². The highest BCUT2D eigenvalue weighted by Gasteiger charge is 2.03. The number of urea groups is 1. The largest absolute Gasteiger partial charge is 0.496 e. The van der Waals surface area contributed by atoms with Gasteiger partial charge < -0.3 is 20.5 Å². The molecule has 24 heavy (non-hydrogen) atoms. The number of methoxy groups -OCH3 is 1. The molecule has 0 bridgehead atoms. The molecule has 128 valence electrons. The number of carbonyl (C=O) groups excluding carboxylic acids is 1. The van der Waals surface area contributed by atoms with Gasteiger partial charge in [-0.3, -0.25) is 0 Å². The summed E-state index contributed by atoms with van der Waals surface area (Å²) in [5.41, 5.74) is 4.01. The van der Waals surface area contributed by atoms with Crippen molar-refractivity contribution in [2.75, 3.05) is 13.7 Å². The molecule has 0 radical (unpaired) electrons. The highest BCUT2D eigenvalue weighted by molar-refractivity contribution is 5.73. The first-order valence-electron chi connectivity index (χ1n) is 7.96. The predicted octanol–water partition coefficient (Wildman–Crippen LogP) is 2.54. The molecule has 0 atom stereocenters. The minimum absolute atomic E-state index is 0.0000484. The van der Waals surface area contributed by atoms with Crippen molar-refractivity contribution in [1.29, 1.82) is 0 Å². The first-order valence-corrected chi connectivity index (χ1v) is 7.96. The molecule has 2 aromatic rings. The minimum atomic E-state index is -0.205. The normalized spacial score (nSPS) is 10.3. The fraction of sp³-hybridized carbons (Fsp3) is 0.316. The Bertz CT molecular complexity index is 686. The van der Waals surface area contributed by atoms with Gasteiger partial charge in [0.1, 0.15) is 5.75 Å². The number of nitrogens with one attached hydrogen (secondary N) is 2. The molecule has 2 aromatic carbocycles. The molecule has 0 heterocycles. The highest BCUT2D eigenvalue weighted by atomic mass is 16.5. The second-order valence-corrected chi connectivity index (χ2v) is 5.64. The van der Waals surface area contributed by atoms with Gasteiger partial charge in [0.25, 0.3) is 0 Å². The van der Waals surface area contributed by atoms with Crippen molar-refractivity contribution >= 4 is 6.03 Å². The van der Waals surface area contributed by atoms with Gasteiger partial charge in [-0.15, -0.1) is 0 Å². The van der Waals surface area contributed by atoms with Crippen LogP contribution in [-0.2, 0) is 19.6 Å². The summed E-state index contributed by atoms with van der Waals surface area (Å²) in [4.78, 5) is 11.8. The van der Waals surface area contributed by atoms with Crippen molar-refractivity contribution in [2.45, 2.75) is 26.5 Å². The summed E-state index contributed by atoms with van der Waals surface area (Å²) in [5.74, 6) is 0.862. The van der Waals surface area contributed by atoms with E-state index in [0.29, 0.717) is 13.1 Å². The molecule has 2 rings (SSSR count). The van der Waals surface area contributed by atoms with Crippen LogP contribution in [0.1, 0.15) is 22.3 Å². The maximum Gasteiger partial charge on any atom is 0.315 e. The zero-order chi connectivity index (χ0) is 17.4. The van der Waals surface area contributed by atoms with E-state index in [1.54, 1.807) is 7.11 Å². The van der Waals surface area contributed by atoms with Crippen LogP contribution in [0.5, 0.6) is 5.75 Å². The van der Waals surface area contributed by atoms with Gasteiger partial charge in [-0.05, 0) is 41.7 Å². The van der Waals surface area contributed by atoms with Crippen LogP contribution in [0.2, 0.25) is 0 Å². The van der Waals surface area contributed by atoms with Crippen molar-refractivity contribution in [1.82, 2.24) is 10.6 Å². The van der Waals surface area contributed by atoms with Crippen LogP contribution in [0, 0.1) is 6.92 Å². The van der Waals surface area contributed by atoms with Gasteiger partial charge in [0, 0.05) is 13.1 Å². The second-order valence-electron chi connectivity index (χ2n) is 5.64. The number of aliphatic hydroxyl groups is 1. The van der Waals surface area contributed by atoms with E-state index >= 15 is 0 Å². The zero-order valence-electron chi connectivity index (χ0n) is 14.1. The lowest BCUT2D eigenvalue weighted by Crippen LogP contribution is -2.36. The van der Waals surface area contributed by atoms with E-state index in [-0.39, 0.29) is 12.6 Å². The van der Waals surface area contributed by atoms with Gasteiger partial charge in [0.15, 0.2) is 0 Å². The lowest BCUT2D eigenvalue weighted by atomic mass is 10.1. The molecule has 0 saturated heterocycles. The van der Waals surface area contributed by atoms with E-state index in [9.17, 15) is 4.79 Å². The Hall–Kier alpha value is -2.53. The summed E-state index contributed by atoms with van der Waals surface area (Å²) < 4.78 is 5.30. The summed E-state index contributed by atoms with van der Waals surface area (Å²) in [6.45, 7) is 2.98. The number of hydrogen-bond acceptors (Lipinski definition) is 3. The molecule has 0 aliphatic heterocycles. The lowest BCUT2D eigenvalue weighted by molar-refractivity contribution is 0.240.